The molecule has 0 aromatic rings. The summed E-state index contributed by atoms with van der Waals surface area (Å²) < 4.78 is 2.77. The molecule has 0 aliphatic rings. The molecule has 36 valence electrons. The molecule has 0 radical (unpaired) electrons. The summed E-state index contributed by atoms with van der Waals surface area (Å²) in [6, 6.07) is 0. The molecule has 0 amide bonds. The average molecular weight is 98.1 g/mol. The zero-order valence-electron chi connectivity index (χ0n) is 5.41. The molecule has 0 rings (SSSR count). The van der Waals surface area contributed by atoms with E-state index in [1.54, 1.807) is 0 Å². The van der Waals surface area contributed by atoms with Crippen molar-refractivity contribution < 1.29 is 0 Å². The standard InChI is InChI=1S/C7H7.Li/c1-3-5-7-6-4-2;/h3,6H2,1H3;. The van der Waals surface area contributed by atoms with Crippen molar-refractivity contribution in [3.05, 3.63) is 0 Å². The van der Waals surface area contributed by atoms with Crippen LogP contribution < -0.4 is 0 Å². The summed E-state index contributed by atoms with van der Waals surface area (Å²) in [4.78, 5) is 0. The van der Waals surface area contributed by atoms with E-state index in [0.717, 1.165) is 12.8 Å². The fraction of sp³-hybridized carbons (Fsp3) is 0.429. The summed E-state index contributed by atoms with van der Waals surface area (Å²) in [5, 5.41) is 0. The monoisotopic (exact) mass is 98.1 g/mol. The van der Waals surface area contributed by atoms with Crippen LogP contribution in [0.1, 0.15) is 19.8 Å². The first-order valence-electron chi connectivity index (χ1n) is 2.77. The predicted molar refractivity (Wildman–Crippen MR) is 36.2 cm³/mol. The molecule has 8 heavy (non-hydrogen) atoms. The molecule has 0 bridgehead atoms. The van der Waals surface area contributed by atoms with E-state index in [1.165, 1.54) is 0 Å². The van der Waals surface area contributed by atoms with Gasteiger partial charge in [0, 0.05) is 0 Å². The molecule has 0 saturated carbocycles. The third-order valence-electron chi connectivity index (χ3n) is 0.655. The maximum absolute atomic E-state index is 2.93. The summed E-state index contributed by atoms with van der Waals surface area (Å²) in [6.45, 7) is 2.03. The molecule has 0 unspecified atom stereocenters. The van der Waals surface area contributed by atoms with Crippen LogP contribution in [-0.2, 0) is 0 Å². The molecule has 0 aromatic carbocycles. The third-order valence-corrected chi connectivity index (χ3v) is 0.655. The molecule has 0 saturated heterocycles. The Hall–Kier alpha value is -0.283. The topological polar surface area (TPSA) is 0 Å². The Morgan fingerprint density at radius 3 is 2.50 bits per heavy atom. The second-order valence-electron chi connectivity index (χ2n) is 1.31. The van der Waals surface area contributed by atoms with E-state index >= 15 is 0 Å². The number of hydrogen-bond acceptors (Lipinski definition) is 0. The van der Waals surface area contributed by atoms with Crippen molar-refractivity contribution in [3.8, 4) is 22.4 Å². The minimum atomic E-state index is 0.727. The molecule has 0 aliphatic carbocycles. The molecule has 0 atom stereocenters. The Balaban J connectivity index is 3.24. The number of rotatable bonds is 0. The molecular formula is C7H7Li. The van der Waals surface area contributed by atoms with Gasteiger partial charge in [-0.25, -0.2) is 0 Å². The zero-order chi connectivity index (χ0) is 6.24. The van der Waals surface area contributed by atoms with Crippen molar-refractivity contribution >= 4 is 17.7 Å². The molecule has 0 N–H and O–H groups in total. The van der Waals surface area contributed by atoms with Gasteiger partial charge >= 0.3 is 59.8 Å². The first kappa shape index (κ1) is 7.72. The fourth-order valence-electron chi connectivity index (χ4n) is 0.320. The van der Waals surface area contributed by atoms with Crippen LogP contribution in [0.4, 0.5) is 0 Å². The molecule has 0 aromatic heterocycles. The average Bonchev–Trinajstić information content (AvgIpc) is 1.81. The Morgan fingerprint density at radius 1 is 1.25 bits per heavy atom. The summed E-state index contributed by atoms with van der Waals surface area (Å²) in [5.74, 6) is 8.70. The summed E-state index contributed by atoms with van der Waals surface area (Å²) in [7, 11) is 0. The van der Waals surface area contributed by atoms with Gasteiger partial charge in [-0.05, 0) is 0 Å². The van der Waals surface area contributed by atoms with Crippen molar-refractivity contribution in [3.63, 3.8) is 0 Å². The summed E-state index contributed by atoms with van der Waals surface area (Å²) in [6.07, 6.45) is 1.66. The van der Waals surface area contributed by atoms with Gasteiger partial charge in [-0.1, -0.05) is 0 Å². The molecular weight excluding hydrogens is 91.0 g/mol. The first-order chi connectivity index (χ1) is 3.91. The van der Waals surface area contributed by atoms with E-state index in [4.69, 9.17) is 0 Å². The molecule has 0 nitrogen and oxygen atoms in total. The van der Waals surface area contributed by atoms with E-state index < -0.39 is 0 Å². The second kappa shape index (κ2) is 6.72. The molecule has 0 aliphatic heterocycles. The van der Waals surface area contributed by atoms with Gasteiger partial charge < -0.3 is 0 Å². The third kappa shape index (κ3) is 5.72. The molecule has 0 fully saturated rings. The van der Waals surface area contributed by atoms with Crippen LogP contribution in [0.5, 0.6) is 0 Å². The van der Waals surface area contributed by atoms with E-state index in [1.807, 2.05) is 24.6 Å². The van der Waals surface area contributed by atoms with Crippen LogP contribution in [0.15, 0.2) is 0 Å². The summed E-state index contributed by atoms with van der Waals surface area (Å²) >= 11 is 1.83. The SMILES string of the molecule is [Li][C]#CCC#CCC. The fourth-order valence-corrected chi connectivity index (χ4v) is 0.320. The van der Waals surface area contributed by atoms with Gasteiger partial charge in [-0.3, -0.25) is 0 Å². The van der Waals surface area contributed by atoms with Crippen LogP contribution >= 0.6 is 0 Å². The normalized spacial score (nSPS) is 5.88. The van der Waals surface area contributed by atoms with E-state index in [2.05, 4.69) is 22.4 Å². The van der Waals surface area contributed by atoms with Crippen LogP contribution in [0.2, 0.25) is 0 Å². The number of hydrogen-bond donors (Lipinski definition) is 0. The van der Waals surface area contributed by atoms with Crippen LogP contribution in [0, 0.1) is 22.4 Å². The Bertz CT molecular complexity index is 149. The zero-order valence-corrected chi connectivity index (χ0v) is 5.41. The van der Waals surface area contributed by atoms with Crippen molar-refractivity contribution in [2.75, 3.05) is 0 Å². The maximum atomic E-state index is 2.93. The molecule has 0 spiro atoms. The predicted octanol–water partition coefficient (Wildman–Crippen LogP) is 0.919. The Labute approximate surface area is 60.2 Å². The van der Waals surface area contributed by atoms with Crippen LogP contribution in [0.25, 0.3) is 0 Å². The van der Waals surface area contributed by atoms with Crippen molar-refractivity contribution in [2.45, 2.75) is 19.8 Å². The van der Waals surface area contributed by atoms with Gasteiger partial charge in [0.2, 0.25) is 0 Å². The van der Waals surface area contributed by atoms with Gasteiger partial charge in [0.25, 0.3) is 0 Å². The van der Waals surface area contributed by atoms with Gasteiger partial charge in [0.05, 0.1) is 0 Å². The Morgan fingerprint density at radius 2 is 2.00 bits per heavy atom. The Kier molecular flexibility index (Phi) is 6.48. The quantitative estimate of drug-likeness (QED) is 0.312. The minimum absolute atomic E-state index is 0.727. The summed E-state index contributed by atoms with van der Waals surface area (Å²) in [5.41, 5.74) is 0. The van der Waals surface area contributed by atoms with Gasteiger partial charge in [-0.15, -0.1) is 0 Å². The van der Waals surface area contributed by atoms with Crippen LogP contribution in [-0.4, -0.2) is 17.7 Å². The molecule has 1 heteroatoms. The second-order valence-corrected chi connectivity index (χ2v) is 1.31. The van der Waals surface area contributed by atoms with Crippen molar-refractivity contribution in [1.82, 2.24) is 0 Å². The van der Waals surface area contributed by atoms with Crippen molar-refractivity contribution in [1.29, 1.82) is 0 Å². The van der Waals surface area contributed by atoms with Crippen molar-refractivity contribution in [2.24, 2.45) is 0 Å². The van der Waals surface area contributed by atoms with Crippen LogP contribution in [0.3, 0.4) is 0 Å². The van der Waals surface area contributed by atoms with Gasteiger partial charge in [0.15, 0.2) is 0 Å². The van der Waals surface area contributed by atoms with Gasteiger partial charge in [-0.2, -0.15) is 0 Å². The van der Waals surface area contributed by atoms with E-state index in [-0.39, 0.29) is 0 Å². The molecule has 0 heterocycles. The first-order valence-corrected chi connectivity index (χ1v) is 2.77. The van der Waals surface area contributed by atoms with E-state index in [9.17, 15) is 0 Å². The van der Waals surface area contributed by atoms with E-state index in [0.29, 0.717) is 0 Å². The van der Waals surface area contributed by atoms with Gasteiger partial charge in [0.1, 0.15) is 0 Å².